The van der Waals surface area contributed by atoms with E-state index in [0.29, 0.717) is 16.9 Å². The van der Waals surface area contributed by atoms with Crippen molar-refractivity contribution < 1.29 is 28.7 Å². The quantitative estimate of drug-likeness (QED) is 0.428. The summed E-state index contributed by atoms with van der Waals surface area (Å²) in [6, 6.07) is 8.33. The van der Waals surface area contributed by atoms with E-state index in [9.17, 15) is 24.0 Å². The molecule has 176 valence electrons. The zero-order valence-electron chi connectivity index (χ0n) is 18.1. The second kappa shape index (κ2) is 8.44. The number of amides is 4. The average Bonchev–Trinajstić information content (AvgIpc) is 3.42. The smallest absolute Gasteiger partial charge is 0.340 e. The van der Waals surface area contributed by atoms with Gasteiger partial charge in [-0.15, -0.1) is 5.10 Å². The van der Waals surface area contributed by atoms with Crippen molar-refractivity contribution in [2.24, 2.45) is 0 Å². The van der Waals surface area contributed by atoms with Gasteiger partial charge in [0, 0.05) is 12.0 Å². The van der Waals surface area contributed by atoms with Crippen molar-refractivity contribution in [3.05, 3.63) is 64.3 Å². The van der Waals surface area contributed by atoms with Crippen LogP contribution in [0.1, 0.15) is 43.9 Å². The SMILES string of the molecule is COC(=O)c1c(Cl)cccc1-c1cn(-c2ccc3c(c2)C(=O)N(C2CCC(=O)NC2=O)C3=O)nn1. The fourth-order valence-electron chi connectivity index (χ4n) is 4.16. The van der Waals surface area contributed by atoms with Crippen molar-refractivity contribution >= 4 is 41.2 Å². The van der Waals surface area contributed by atoms with E-state index in [1.54, 1.807) is 30.5 Å². The molecular weight excluding hydrogens is 478 g/mol. The molecule has 11 nitrogen and oxygen atoms in total. The van der Waals surface area contributed by atoms with E-state index in [1.165, 1.54) is 23.9 Å². The molecule has 2 aliphatic heterocycles. The molecule has 1 saturated heterocycles. The Kier molecular flexibility index (Phi) is 5.40. The Morgan fingerprint density at radius 3 is 2.60 bits per heavy atom. The first kappa shape index (κ1) is 22.4. The van der Waals surface area contributed by atoms with Crippen molar-refractivity contribution in [2.75, 3.05) is 7.11 Å². The molecular formula is C23H16ClN5O6. The molecule has 0 bridgehead atoms. The van der Waals surface area contributed by atoms with Crippen molar-refractivity contribution in [1.29, 1.82) is 0 Å². The number of halogens is 1. The lowest BCUT2D eigenvalue weighted by atomic mass is 10.0. The molecule has 3 heterocycles. The largest absolute Gasteiger partial charge is 0.465 e. The molecule has 1 atom stereocenters. The Labute approximate surface area is 202 Å². The number of aromatic nitrogens is 3. The molecule has 0 radical (unpaired) electrons. The molecule has 1 N–H and O–H groups in total. The lowest BCUT2D eigenvalue weighted by Gasteiger charge is -2.27. The van der Waals surface area contributed by atoms with E-state index in [0.717, 1.165) is 4.90 Å². The number of esters is 1. The standard InChI is InChI=1S/C23H16ClN5O6/c1-35-23(34)19-13(3-2-4-15(19)24)16-10-28(27-26-16)11-5-6-12-14(9-11)22(33)29(21(12)32)17-7-8-18(30)25-20(17)31/h2-6,9-10,17H,7-8H2,1H3,(H,25,30,31). The van der Waals surface area contributed by atoms with Crippen LogP contribution in [0, 0.1) is 0 Å². The topological polar surface area (TPSA) is 141 Å². The number of piperidine rings is 1. The first-order chi connectivity index (χ1) is 16.8. The number of carbonyl (C=O) groups is 5. The number of benzene rings is 2. The highest BCUT2D eigenvalue weighted by Crippen LogP contribution is 2.31. The first-order valence-corrected chi connectivity index (χ1v) is 10.8. The number of hydrogen-bond donors (Lipinski definition) is 1. The minimum absolute atomic E-state index is 0.0356. The summed E-state index contributed by atoms with van der Waals surface area (Å²) in [4.78, 5) is 62.7. The van der Waals surface area contributed by atoms with Crippen LogP contribution in [-0.2, 0) is 14.3 Å². The predicted molar refractivity (Wildman–Crippen MR) is 120 cm³/mol. The number of hydrogen-bond acceptors (Lipinski definition) is 8. The monoisotopic (exact) mass is 493 g/mol. The maximum atomic E-state index is 13.1. The van der Waals surface area contributed by atoms with Gasteiger partial charge < -0.3 is 4.74 Å². The summed E-state index contributed by atoms with van der Waals surface area (Å²) in [5.74, 6) is -2.99. The lowest BCUT2D eigenvalue weighted by molar-refractivity contribution is -0.136. The van der Waals surface area contributed by atoms with Gasteiger partial charge in [-0.05, 0) is 30.7 Å². The van der Waals surface area contributed by atoms with Crippen LogP contribution < -0.4 is 5.32 Å². The van der Waals surface area contributed by atoms with Crippen LogP contribution in [0.15, 0.2) is 42.6 Å². The molecule has 0 saturated carbocycles. The van der Waals surface area contributed by atoms with Gasteiger partial charge in [0.25, 0.3) is 11.8 Å². The summed E-state index contributed by atoms with van der Waals surface area (Å²) >= 11 is 6.19. The van der Waals surface area contributed by atoms with Crippen molar-refractivity contribution in [1.82, 2.24) is 25.2 Å². The predicted octanol–water partition coefficient (Wildman–Crippen LogP) is 1.78. The third-order valence-corrected chi connectivity index (χ3v) is 6.18. The van der Waals surface area contributed by atoms with Gasteiger partial charge in [-0.3, -0.25) is 29.4 Å². The summed E-state index contributed by atoms with van der Waals surface area (Å²) < 4.78 is 6.20. The van der Waals surface area contributed by atoms with Gasteiger partial charge in [0.05, 0.1) is 40.7 Å². The fourth-order valence-corrected chi connectivity index (χ4v) is 4.41. The molecule has 2 aliphatic rings. The Hall–Kier alpha value is -4.38. The number of fused-ring (bicyclic) bond motifs is 1. The molecule has 1 unspecified atom stereocenters. The molecule has 35 heavy (non-hydrogen) atoms. The van der Waals surface area contributed by atoms with Gasteiger partial charge >= 0.3 is 5.97 Å². The number of methoxy groups -OCH3 is 1. The highest BCUT2D eigenvalue weighted by molar-refractivity contribution is 6.34. The Morgan fingerprint density at radius 2 is 1.86 bits per heavy atom. The normalized spacial score (nSPS) is 17.4. The van der Waals surface area contributed by atoms with E-state index in [1.807, 2.05) is 0 Å². The maximum absolute atomic E-state index is 13.1. The van der Waals surface area contributed by atoms with Crippen LogP contribution in [0.4, 0.5) is 0 Å². The molecule has 4 amide bonds. The molecule has 1 fully saturated rings. The molecule has 0 aliphatic carbocycles. The van der Waals surface area contributed by atoms with Crippen LogP contribution in [-0.4, -0.2) is 62.6 Å². The zero-order valence-corrected chi connectivity index (χ0v) is 18.9. The van der Waals surface area contributed by atoms with Crippen LogP contribution in [0.25, 0.3) is 16.9 Å². The second-order valence-electron chi connectivity index (χ2n) is 7.88. The van der Waals surface area contributed by atoms with E-state index in [4.69, 9.17) is 16.3 Å². The minimum Gasteiger partial charge on any atom is -0.465 e. The van der Waals surface area contributed by atoms with E-state index in [2.05, 4.69) is 15.6 Å². The van der Waals surface area contributed by atoms with Crippen LogP contribution in [0.3, 0.4) is 0 Å². The summed E-state index contributed by atoms with van der Waals surface area (Å²) in [6.07, 6.45) is 1.64. The third kappa shape index (κ3) is 3.66. The second-order valence-corrected chi connectivity index (χ2v) is 8.29. The highest BCUT2D eigenvalue weighted by atomic mass is 35.5. The zero-order chi connectivity index (χ0) is 24.9. The van der Waals surface area contributed by atoms with Crippen LogP contribution >= 0.6 is 11.6 Å². The highest BCUT2D eigenvalue weighted by Gasteiger charge is 2.44. The van der Waals surface area contributed by atoms with Crippen molar-refractivity contribution in [2.45, 2.75) is 18.9 Å². The number of rotatable bonds is 4. The fraction of sp³-hybridized carbons (Fsp3) is 0.174. The van der Waals surface area contributed by atoms with Gasteiger partial charge in [-0.25, -0.2) is 9.48 Å². The summed E-state index contributed by atoms with van der Waals surface area (Å²) in [6.45, 7) is 0. The minimum atomic E-state index is -1.05. The van der Waals surface area contributed by atoms with E-state index in [-0.39, 0.29) is 34.6 Å². The van der Waals surface area contributed by atoms with E-state index >= 15 is 0 Å². The average molecular weight is 494 g/mol. The van der Waals surface area contributed by atoms with Gasteiger partial charge in [0.2, 0.25) is 11.8 Å². The summed E-state index contributed by atoms with van der Waals surface area (Å²) in [5.41, 5.74) is 1.56. The molecule has 2 aromatic carbocycles. The number of imide groups is 2. The van der Waals surface area contributed by atoms with Crippen molar-refractivity contribution in [3.63, 3.8) is 0 Å². The molecule has 12 heteroatoms. The Balaban J connectivity index is 1.48. The maximum Gasteiger partial charge on any atom is 0.340 e. The lowest BCUT2D eigenvalue weighted by Crippen LogP contribution is -2.54. The molecule has 1 aromatic heterocycles. The number of nitrogens with one attached hydrogen (secondary N) is 1. The number of ether oxygens (including phenoxy) is 1. The molecule has 3 aromatic rings. The van der Waals surface area contributed by atoms with Crippen molar-refractivity contribution in [3.8, 4) is 16.9 Å². The molecule has 5 rings (SSSR count). The van der Waals surface area contributed by atoms with Gasteiger partial charge in [-0.2, -0.15) is 0 Å². The third-order valence-electron chi connectivity index (χ3n) is 5.86. The summed E-state index contributed by atoms with van der Waals surface area (Å²) in [5, 5.41) is 10.5. The summed E-state index contributed by atoms with van der Waals surface area (Å²) in [7, 11) is 1.24. The number of nitrogens with zero attached hydrogens (tertiary/aromatic N) is 4. The van der Waals surface area contributed by atoms with E-state index < -0.39 is 35.6 Å². The Morgan fingerprint density at radius 1 is 1.09 bits per heavy atom. The van der Waals surface area contributed by atoms with Crippen LogP contribution in [0.5, 0.6) is 0 Å². The van der Waals surface area contributed by atoms with Gasteiger partial charge in [-0.1, -0.05) is 28.9 Å². The van der Waals surface area contributed by atoms with Crippen LogP contribution in [0.2, 0.25) is 5.02 Å². The number of carbonyl (C=O) groups excluding carboxylic acids is 5. The van der Waals surface area contributed by atoms with Gasteiger partial charge in [0.15, 0.2) is 0 Å². The Bertz CT molecular complexity index is 1450. The van der Waals surface area contributed by atoms with Gasteiger partial charge in [0.1, 0.15) is 11.7 Å². The first-order valence-electron chi connectivity index (χ1n) is 10.5. The molecule has 0 spiro atoms.